The number of allylic oxidation sites excluding steroid dienone is 1. The molecule has 0 aromatic heterocycles. The van der Waals surface area contributed by atoms with Crippen LogP contribution in [-0.2, 0) is 71.9 Å². The van der Waals surface area contributed by atoms with Crippen LogP contribution in [0.1, 0.15) is 56.0 Å². The summed E-state index contributed by atoms with van der Waals surface area (Å²) in [6.45, 7) is 17.1. The van der Waals surface area contributed by atoms with E-state index in [1.807, 2.05) is 48.4 Å². The van der Waals surface area contributed by atoms with Crippen molar-refractivity contribution in [1.29, 1.82) is 0 Å². The van der Waals surface area contributed by atoms with Crippen LogP contribution in [-0.4, -0.2) is 200 Å². The van der Waals surface area contributed by atoms with E-state index in [2.05, 4.69) is 33.9 Å². The molecule has 5 N–H and O–H groups in total. The quantitative estimate of drug-likeness (QED) is 0.0103. The average Bonchev–Trinajstić information content (AvgIpc) is 1.77. The number of nitrogens with two attached hydrogens (primary N) is 1. The monoisotopic (exact) mass is 1220 g/mol. The van der Waals surface area contributed by atoms with Crippen LogP contribution in [0.15, 0.2) is 70.2 Å². The maximum atomic E-state index is 14.0. The molecule has 0 radical (unpaired) electrons. The smallest absolute Gasteiger partial charge is 0.313 e. The lowest BCUT2D eigenvalue weighted by molar-refractivity contribution is -0.136. The van der Waals surface area contributed by atoms with Crippen LogP contribution in [0.25, 0.3) is 17.2 Å². The van der Waals surface area contributed by atoms with Crippen LogP contribution >= 0.6 is 0 Å². The number of amides is 2. The van der Waals surface area contributed by atoms with E-state index in [9.17, 15) is 40.4 Å². The predicted octanol–water partition coefficient (Wildman–Crippen LogP) is 5.51. The Balaban J connectivity index is 0.872. The SMILES string of the molecule is C=C(C1=Cc2ccc(-c3ccc(C(=O)N[C@@H](C)C(=O)NCCOCCOCCOCCOCCOCCOCCOCCOCCOCCOCCC(=O)Oc4c(F)c(F)c(S(=O)(=O)O)c(F)c4F)cc3)cc2N=C(N)C1)N(CCC)OCC. The molecular weight excluding hydrogens is 1140 g/mol. The van der Waals surface area contributed by atoms with Crippen molar-refractivity contribution < 1.29 is 102 Å². The molecule has 3 aromatic carbocycles. The van der Waals surface area contributed by atoms with E-state index < -0.39 is 62.5 Å². The highest BCUT2D eigenvalue weighted by Crippen LogP contribution is 2.35. The number of ether oxygens (including phenoxy) is 11. The van der Waals surface area contributed by atoms with Gasteiger partial charge in [-0.2, -0.15) is 17.2 Å². The van der Waals surface area contributed by atoms with E-state index in [-0.39, 0.29) is 58.0 Å². The van der Waals surface area contributed by atoms with Gasteiger partial charge in [-0.15, -0.1) is 0 Å². The zero-order valence-corrected chi connectivity index (χ0v) is 48.4. The molecule has 84 heavy (non-hydrogen) atoms. The van der Waals surface area contributed by atoms with Gasteiger partial charge in [0.15, 0.2) is 16.5 Å². The summed E-state index contributed by atoms with van der Waals surface area (Å²) in [6.07, 6.45) is 2.80. The summed E-state index contributed by atoms with van der Waals surface area (Å²) in [5, 5.41) is 7.32. The minimum Gasteiger partial charge on any atom is -0.420 e. The number of benzene rings is 3. The van der Waals surface area contributed by atoms with E-state index in [4.69, 9.17) is 62.5 Å². The molecule has 4 rings (SSSR count). The van der Waals surface area contributed by atoms with Crippen molar-refractivity contribution in [2.75, 3.05) is 152 Å². The van der Waals surface area contributed by atoms with Crippen molar-refractivity contribution in [2.45, 2.75) is 51.0 Å². The van der Waals surface area contributed by atoms with Crippen LogP contribution in [0.4, 0.5) is 23.2 Å². The van der Waals surface area contributed by atoms with Gasteiger partial charge in [-0.3, -0.25) is 28.8 Å². The highest BCUT2D eigenvalue weighted by molar-refractivity contribution is 7.85. The van der Waals surface area contributed by atoms with Crippen molar-refractivity contribution in [3.63, 3.8) is 0 Å². The Morgan fingerprint density at radius 2 is 1.13 bits per heavy atom. The molecule has 0 saturated heterocycles. The second-order valence-electron chi connectivity index (χ2n) is 18.0. The first kappa shape index (κ1) is 70.5. The van der Waals surface area contributed by atoms with Gasteiger partial charge in [0.2, 0.25) is 23.3 Å². The number of amidine groups is 1. The second-order valence-corrected chi connectivity index (χ2v) is 19.3. The molecular formula is C56H77F4N5O18S. The van der Waals surface area contributed by atoms with Crippen molar-refractivity contribution >= 4 is 45.5 Å². The van der Waals surface area contributed by atoms with Crippen molar-refractivity contribution in [1.82, 2.24) is 15.7 Å². The number of hydroxylamine groups is 2. The molecule has 1 aliphatic heterocycles. The third-order valence-corrected chi connectivity index (χ3v) is 12.5. The Morgan fingerprint density at radius 1 is 0.679 bits per heavy atom. The van der Waals surface area contributed by atoms with Gasteiger partial charge in [-0.1, -0.05) is 37.8 Å². The topological polar surface area (TPSA) is 282 Å². The minimum absolute atomic E-state index is 0.0147. The zero-order chi connectivity index (χ0) is 61.1. The van der Waals surface area contributed by atoms with E-state index in [0.29, 0.717) is 123 Å². The molecule has 3 aromatic rings. The van der Waals surface area contributed by atoms with Gasteiger partial charge in [-0.25, -0.2) is 13.8 Å². The first-order valence-corrected chi connectivity index (χ1v) is 28.7. The molecule has 1 atom stereocenters. The van der Waals surface area contributed by atoms with Crippen LogP contribution in [0, 0.1) is 23.3 Å². The summed E-state index contributed by atoms with van der Waals surface area (Å²) in [5.41, 5.74) is 11.9. The largest absolute Gasteiger partial charge is 0.420 e. The highest BCUT2D eigenvalue weighted by Gasteiger charge is 2.34. The number of nitrogens with one attached hydrogen (secondary N) is 2. The van der Waals surface area contributed by atoms with Crippen molar-refractivity contribution in [2.24, 2.45) is 10.7 Å². The minimum atomic E-state index is -5.65. The molecule has 23 nitrogen and oxygen atoms in total. The molecule has 2 amide bonds. The second kappa shape index (κ2) is 39.6. The number of aliphatic imine (C=N–C) groups is 1. The number of carbonyl (C=O) groups is 3. The fourth-order valence-corrected chi connectivity index (χ4v) is 8.05. The molecule has 0 unspecified atom stereocenters. The first-order chi connectivity index (χ1) is 40.5. The predicted molar refractivity (Wildman–Crippen MR) is 298 cm³/mol. The number of carbonyl (C=O) groups excluding carboxylic acids is 3. The lowest BCUT2D eigenvalue weighted by Crippen LogP contribution is -2.45. The Bertz CT molecular complexity index is 2670. The van der Waals surface area contributed by atoms with Gasteiger partial charge in [0, 0.05) is 30.6 Å². The molecule has 1 heterocycles. The Kier molecular flexibility index (Phi) is 33.2. The number of fused-ring (bicyclic) bond motifs is 1. The van der Waals surface area contributed by atoms with Crippen molar-refractivity contribution in [3.8, 4) is 16.9 Å². The van der Waals surface area contributed by atoms with E-state index in [0.717, 1.165) is 40.1 Å². The summed E-state index contributed by atoms with van der Waals surface area (Å²) in [7, 11) is -5.65. The van der Waals surface area contributed by atoms with E-state index in [1.165, 1.54) is 0 Å². The lowest BCUT2D eigenvalue weighted by Gasteiger charge is -2.26. The molecule has 0 fully saturated rings. The summed E-state index contributed by atoms with van der Waals surface area (Å²) < 4.78 is 145. The van der Waals surface area contributed by atoms with E-state index in [1.54, 1.807) is 19.1 Å². The number of esters is 1. The van der Waals surface area contributed by atoms with Crippen molar-refractivity contribution in [3.05, 3.63) is 94.7 Å². The van der Waals surface area contributed by atoms with Crippen LogP contribution in [0.2, 0.25) is 0 Å². The molecule has 0 aliphatic carbocycles. The standard InChI is InChI=1S/C56H77F4N5O18S/c1-5-15-65(82-6-2)40(4)45-36-44-12-11-43(37-46(44)64-47(61)38-45)41-7-9-42(10-8-41)56(68)63-39(3)55(67)62-14-17-73-19-21-75-23-25-77-27-29-79-31-33-81-35-34-80-32-30-78-28-26-76-24-22-74-20-18-72-16-13-48(66)83-53-49(57)51(59)54(84(69,70)71)52(60)50(53)58/h7-12,36-37,39H,4-6,13-35,38H2,1-3H3,(H2,61,64)(H,62,67)(H,63,68)(H,69,70,71)/t39-/m0/s1. The van der Waals surface area contributed by atoms with E-state index >= 15 is 0 Å². The normalized spacial score (nSPS) is 12.7. The Hall–Kier alpha value is -5.99. The molecule has 28 heteroatoms. The third-order valence-electron chi connectivity index (χ3n) is 11.6. The molecule has 1 aliphatic rings. The summed E-state index contributed by atoms with van der Waals surface area (Å²) >= 11 is 0. The van der Waals surface area contributed by atoms with Crippen LogP contribution in [0.5, 0.6) is 5.75 Å². The maximum Gasteiger partial charge on any atom is 0.313 e. The third kappa shape index (κ3) is 25.7. The van der Waals surface area contributed by atoms with Gasteiger partial charge in [0.25, 0.3) is 5.91 Å². The summed E-state index contributed by atoms with van der Waals surface area (Å²) in [5.74, 6) is -12.9. The number of hydrogen-bond acceptors (Lipinski definition) is 20. The molecule has 0 saturated carbocycles. The molecule has 468 valence electrons. The molecule has 0 spiro atoms. The molecule has 0 bridgehead atoms. The summed E-state index contributed by atoms with van der Waals surface area (Å²) in [6, 6.07) is 12.3. The van der Waals surface area contributed by atoms with Gasteiger partial charge in [-0.05, 0) is 61.2 Å². The zero-order valence-electron chi connectivity index (χ0n) is 47.6. The van der Waals surface area contributed by atoms with Gasteiger partial charge in [0.05, 0.1) is 157 Å². The van der Waals surface area contributed by atoms with Gasteiger partial charge in [0.1, 0.15) is 11.9 Å². The number of rotatable bonds is 45. The average molecular weight is 1220 g/mol. The first-order valence-electron chi connectivity index (χ1n) is 27.2. The number of halogens is 4. The number of nitrogens with zero attached hydrogens (tertiary/aromatic N) is 2. The Labute approximate surface area is 486 Å². The fourth-order valence-electron chi connectivity index (χ4n) is 7.42. The number of hydrogen-bond donors (Lipinski definition) is 4. The van der Waals surface area contributed by atoms with Gasteiger partial charge >= 0.3 is 16.1 Å². The van der Waals surface area contributed by atoms with Crippen LogP contribution < -0.4 is 21.1 Å². The van der Waals surface area contributed by atoms with Gasteiger partial charge < -0.3 is 68.5 Å². The van der Waals surface area contributed by atoms with Crippen LogP contribution in [0.3, 0.4) is 0 Å². The maximum absolute atomic E-state index is 14.0. The summed E-state index contributed by atoms with van der Waals surface area (Å²) in [4.78, 5) is 45.8. The Morgan fingerprint density at radius 3 is 1.58 bits per heavy atom. The highest BCUT2D eigenvalue weighted by atomic mass is 32.2. The lowest BCUT2D eigenvalue weighted by atomic mass is 9.99. The fraction of sp³-hybridized carbons (Fsp3) is 0.536.